The van der Waals surface area contributed by atoms with E-state index in [9.17, 15) is 0 Å². The van der Waals surface area contributed by atoms with E-state index in [1.54, 1.807) is 0 Å². The molecule has 0 unspecified atom stereocenters. The zero-order valence-electron chi connectivity index (χ0n) is 39.7. The van der Waals surface area contributed by atoms with Gasteiger partial charge in [0.2, 0.25) is 0 Å². The minimum Gasteiger partial charge on any atom is -0.415 e. The van der Waals surface area contributed by atoms with Crippen molar-refractivity contribution >= 4 is 66.5 Å². The Bertz CT molecular complexity index is 1180. The van der Waals surface area contributed by atoms with Gasteiger partial charge in [-0.25, -0.2) is 0 Å². The first-order chi connectivity index (χ1) is 24.2. The normalized spacial score (nSPS) is 31.2. The zero-order valence-corrected chi connectivity index (χ0v) is 47.7. The summed E-state index contributed by atoms with van der Waals surface area (Å²) in [5.74, 6) is 0. The van der Waals surface area contributed by atoms with Crippen molar-refractivity contribution < 1.29 is 49.6 Å². The first kappa shape index (κ1) is 52.4. The molecular weight excluding hydrogens is 833 g/mol. The van der Waals surface area contributed by atoms with E-state index in [2.05, 4.69) is 157 Å². The third kappa shape index (κ3) is 20.6. The minimum absolute atomic E-state index is 0.321. The Morgan fingerprint density at radius 3 is 0.909 bits per heavy atom. The van der Waals surface area contributed by atoms with Gasteiger partial charge in [0.1, 0.15) is 48.8 Å². The SMILES string of the molecule is C[Si](C)(C)OC[C@H]1O[C@H](O[Si](C)(C)C)[C@H](O[Si](C)(C)C)[C@@H](O[Si](C)(C)C)[C@@H]1O[C@H]1O[C@H](CO[Si](C)(C)C)[C@@H](O[Si](C)(C)C)[C@H](O[Si](C)(C)C)[C@H]1O[Si](C)(C)C. The van der Waals surface area contributed by atoms with Crippen molar-refractivity contribution in [2.45, 2.75) is 219 Å². The molecule has 55 heavy (non-hydrogen) atoms. The van der Waals surface area contributed by atoms with Crippen LogP contribution in [0.4, 0.5) is 0 Å². The predicted molar refractivity (Wildman–Crippen MR) is 246 cm³/mol. The molecular formula is C36H86O11Si8. The fourth-order valence-electron chi connectivity index (χ4n) is 6.26. The van der Waals surface area contributed by atoms with Crippen molar-refractivity contribution in [2.75, 3.05) is 13.2 Å². The molecule has 2 aliphatic heterocycles. The predicted octanol–water partition coefficient (Wildman–Crippen LogP) is 9.48. The second kappa shape index (κ2) is 19.1. The van der Waals surface area contributed by atoms with Crippen LogP contribution in [0, 0.1) is 0 Å². The van der Waals surface area contributed by atoms with Gasteiger partial charge < -0.3 is 49.6 Å². The lowest BCUT2D eigenvalue weighted by Gasteiger charge is -2.54. The van der Waals surface area contributed by atoms with Gasteiger partial charge in [0.15, 0.2) is 79.1 Å². The molecule has 0 aromatic carbocycles. The van der Waals surface area contributed by atoms with Crippen molar-refractivity contribution in [1.82, 2.24) is 0 Å². The summed E-state index contributed by atoms with van der Waals surface area (Å²) in [6.07, 6.45) is -5.61. The van der Waals surface area contributed by atoms with E-state index in [0.29, 0.717) is 13.2 Å². The fraction of sp³-hybridized carbons (Fsp3) is 1.00. The molecule has 328 valence electrons. The van der Waals surface area contributed by atoms with Crippen molar-refractivity contribution in [3.63, 3.8) is 0 Å². The third-order valence-electron chi connectivity index (χ3n) is 7.75. The maximum atomic E-state index is 7.46. The van der Waals surface area contributed by atoms with Gasteiger partial charge in [-0.05, 0) is 157 Å². The van der Waals surface area contributed by atoms with Gasteiger partial charge in [-0.15, -0.1) is 0 Å². The van der Waals surface area contributed by atoms with Crippen molar-refractivity contribution in [3.05, 3.63) is 0 Å². The van der Waals surface area contributed by atoms with E-state index >= 15 is 0 Å². The summed E-state index contributed by atoms with van der Waals surface area (Å²) in [4.78, 5) is 0. The molecule has 10 atom stereocenters. The largest absolute Gasteiger partial charge is 0.415 e. The molecule has 0 saturated carbocycles. The second-order valence-electron chi connectivity index (χ2n) is 23.2. The maximum Gasteiger partial charge on any atom is 0.187 e. The Morgan fingerprint density at radius 1 is 0.291 bits per heavy atom. The van der Waals surface area contributed by atoms with Gasteiger partial charge in [0.05, 0.1) is 13.2 Å². The summed E-state index contributed by atoms with van der Waals surface area (Å²) in [5.41, 5.74) is 0. The zero-order chi connectivity index (χ0) is 43.0. The number of rotatable bonds is 20. The molecule has 19 heteroatoms. The van der Waals surface area contributed by atoms with Crippen LogP contribution < -0.4 is 0 Å². The highest BCUT2D eigenvalue weighted by Gasteiger charge is 2.57. The third-order valence-corrected chi connectivity index (χ3v) is 15.7. The Kier molecular flexibility index (Phi) is 18.2. The van der Waals surface area contributed by atoms with Crippen LogP contribution in [0.5, 0.6) is 0 Å². The molecule has 11 nitrogen and oxygen atoms in total. The highest BCUT2D eigenvalue weighted by atomic mass is 28.4. The molecule has 0 bridgehead atoms. The van der Waals surface area contributed by atoms with E-state index in [1.165, 1.54) is 0 Å². The second-order valence-corrected chi connectivity index (χ2v) is 59.0. The van der Waals surface area contributed by atoms with Crippen LogP contribution in [0.15, 0.2) is 0 Å². The van der Waals surface area contributed by atoms with Gasteiger partial charge in [0, 0.05) is 0 Å². The molecule has 2 fully saturated rings. The molecule has 0 amide bonds. The summed E-state index contributed by atoms with van der Waals surface area (Å²) >= 11 is 0. The molecule has 2 saturated heterocycles. The summed E-state index contributed by atoms with van der Waals surface area (Å²) in [6, 6.07) is 0. The fourth-order valence-corrected chi connectivity index (χ4v) is 13.9. The van der Waals surface area contributed by atoms with Crippen LogP contribution in [0.25, 0.3) is 0 Å². The number of hydrogen-bond donors (Lipinski definition) is 0. The lowest BCUT2D eigenvalue weighted by Crippen LogP contribution is -2.70. The van der Waals surface area contributed by atoms with Crippen LogP contribution in [-0.2, 0) is 49.6 Å². The van der Waals surface area contributed by atoms with E-state index in [1.807, 2.05) is 0 Å². The van der Waals surface area contributed by atoms with Crippen molar-refractivity contribution in [2.24, 2.45) is 0 Å². The van der Waals surface area contributed by atoms with Crippen LogP contribution >= 0.6 is 0 Å². The smallest absolute Gasteiger partial charge is 0.187 e. The Hall–Kier alpha value is 1.30. The standard InChI is InChI=1S/C36H86O11Si8/c1-48(2,3)37-25-27-29(31(43-51(10,11)12)34(46-54(19,20)21)36(40-27)47-55(22,23)24)41-35-33(45-53(16,17)18)32(44-52(13,14)15)30(42-50(7,8)9)28(39-35)26-38-49(4,5)6/h27-36H,25-26H2,1-24H3/t27-,28-,29-,30-,31+,32+,33-,34-,35-,36-/m1/s1. The number of ether oxygens (including phenoxy) is 3. The van der Waals surface area contributed by atoms with E-state index in [0.717, 1.165) is 0 Å². The molecule has 0 radical (unpaired) electrons. The Balaban J connectivity index is 2.93. The van der Waals surface area contributed by atoms with E-state index in [-0.39, 0.29) is 0 Å². The van der Waals surface area contributed by atoms with E-state index < -0.39 is 128 Å². The number of hydrogen-bond acceptors (Lipinski definition) is 11. The van der Waals surface area contributed by atoms with Crippen LogP contribution in [0.1, 0.15) is 0 Å². The van der Waals surface area contributed by atoms with Gasteiger partial charge in [-0.3, -0.25) is 0 Å². The van der Waals surface area contributed by atoms with Gasteiger partial charge >= 0.3 is 0 Å². The lowest BCUT2D eigenvalue weighted by atomic mass is 9.97. The first-order valence-corrected chi connectivity index (χ1v) is 47.8. The van der Waals surface area contributed by atoms with Crippen LogP contribution in [0.3, 0.4) is 0 Å². The Morgan fingerprint density at radius 2 is 0.564 bits per heavy atom. The quantitative estimate of drug-likeness (QED) is 0.109. The summed E-state index contributed by atoms with van der Waals surface area (Å²) in [5, 5.41) is 0. The highest BCUT2D eigenvalue weighted by Crippen LogP contribution is 2.39. The molecule has 0 spiro atoms. The summed E-state index contributed by atoms with van der Waals surface area (Å²) in [7, 11) is -17.0. The van der Waals surface area contributed by atoms with Crippen LogP contribution in [0.2, 0.25) is 157 Å². The van der Waals surface area contributed by atoms with Gasteiger partial charge in [-0.1, -0.05) is 0 Å². The van der Waals surface area contributed by atoms with Crippen LogP contribution in [-0.4, -0.2) is 141 Å². The lowest BCUT2D eigenvalue weighted by molar-refractivity contribution is -0.344. The van der Waals surface area contributed by atoms with E-state index in [4.69, 9.17) is 49.6 Å². The van der Waals surface area contributed by atoms with Gasteiger partial charge in [0.25, 0.3) is 0 Å². The molecule has 2 aliphatic rings. The molecule has 0 aromatic rings. The first-order valence-electron chi connectivity index (χ1n) is 20.5. The minimum atomic E-state index is -2.23. The molecule has 0 aliphatic carbocycles. The topological polar surface area (TPSA) is 102 Å². The molecule has 0 N–H and O–H groups in total. The van der Waals surface area contributed by atoms with Crippen molar-refractivity contribution in [3.8, 4) is 0 Å². The molecule has 0 aromatic heterocycles. The molecule has 2 rings (SSSR count). The maximum absolute atomic E-state index is 7.46. The van der Waals surface area contributed by atoms with Gasteiger partial charge in [-0.2, -0.15) is 0 Å². The summed E-state index contributed by atoms with van der Waals surface area (Å²) in [6.45, 7) is 53.5. The monoisotopic (exact) mass is 918 g/mol. The average Bonchev–Trinajstić information content (AvgIpc) is 2.88. The highest BCUT2D eigenvalue weighted by molar-refractivity contribution is 6.72. The van der Waals surface area contributed by atoms with Crippen molar-refractivity contribution in [1.29, 1.82) is 0 Å². The Labute approximate surface area is 346 Å². The molecule has 2 heterocycles. The average molecular weight is 920 g/mol. The summed E-state index contributed by atoms with van der Waals surface area (Å²) < 4.78 is 77.4.